The Bertz CT molecular complexity index is 1020. The standard InChI is InChI=1S/C24H33N7O2/c1-30(12-10-26)23-14-19(20-15-27-28-16-20)7-8-22(23)29-24(32)31(11-4-9-25)17-18-5-3-6-21(13-18)33-2/h3,5-8,13-16H,4,9-12,17,25-26H2,1-2H3,(H,27,28)(H,29,32). The van der Waals surface area contributed by atoms with Crippen LogP contribution in [0.5, 0.6) is 5.75 Å². The van der Waals surface area contributed by atoms with E-state index in [4.69, 9.17) is 16.2 Å². The number of nitrogens with zero attached hydrogens (tertiary/aromatic N) is 3. The van der Waals surface area contributed by atoms with Crippen LogP contribution in [0.3, 0.4) is 0 Å². The smallest absolute Gasteiger partial charge is 0.322 e. The van der Waals surface area contributed by atoms with E-state index in [0.717, 1.165) is 28.1 Å². The monoisotopic (exact) mass is 451 g/mol. The van der Waals surface area contributed by atoms with Gasteiger partial charge in [-0.3, -0.25) is 5.10 Å². The molecule has 3 rings (SSSR count). The van der Waals surface area contributed by atoms with Crippen LogP contribution in [0.1, 0.15) is 12.0 Å². The number of nitrogens with one attached hydrogen (secondary N) is 2. The maximum Gasteiger partial charge on any atom is 0.322 e. The molecule has 0 unspecified atom stereocenters. The van der Waals surface area contributed by atoms with Gasteiger partial charge in [0.15, 0.2) is 0 Å². The molecule has 9 nitrogen and oxygen atoms in total. The normalized spacial score (nSPS) is 10.7. The molecule has 0 aliphatic carbocycles. The van der Waals surface area contributed by atoms with Crippen LogP contribution in [0.2, 0.25) is 0 Å². The lowest BCUT2D eigenvalue weighted by Crippen LogP contribution is -2.36. The number of hydrogen-bond acceptors (Lipinski definition) is 6. The Morgan fingerprint density at radius 3 is 2.67 bits per heavy atom. The van der Waals surface area contributed by atoms with Gasteiger partial charge in [0.2, 0.25) is 0 Å². The average molecular weight is 452 g/mol. The summed E-state index contributed by atoms with van der Waals surface area (Å²) in [5, 5.41) is 9.95. The number of carbonyl (C=O) groups is 1. The Morgan fingerprint density at radius 1 is 1.12 bits per heavy atom. The minimum Gasteiger partial charge on any atom is -0.497 e. The highest BCUT2D eigenvalue weighted by molar-refractivity contribution is 5.94. The quantitative estimate of drug-likeness (QED) is 0.355. The molecule has 0 saturated carbocycles. The summed E-state index contributed by atoms with van der Waals surface area (Å²) in [5.41, 5.74) is 16.1. The third-order valence-corrected chi connectivity index (χ3v) is 5.37. The van der Waals surface area contributed by atoms with Gasteiger partial charge in [-0.15, -0.1) is 0 Å². The van der Waals surface area contributed by atoms with Crippen molar-refractivity contribution in [2.45, 2.75) is 13.0 Å². The molecule has 2 amide bonds. The topological polar surface area (TPSA) is 126 Å². The van der Waals surface area contributed by atoms with E-state index in [1.165, 1.54) is 0 Å². The van der Waals surface area contributed by atoms with Crippen LogP contribution in [0, 0.1) is 0 Å². The molecule has 0 radical (unpaired) electrons. The van der Waals surface area contributed by atoms with Crippen LogP contribution < -0.4 is 26.4 Å². The van der Waals surface area contributed by atoms with Gasteiger partial charge in [0, 0.05) is 45.0 Å². The van der Waals surface area contributed by atoms with Crippen LogP contribution in [-0.2, 0) is 6.54 Å². The largest absolute Gasteiger partial charge is 0.497 e. The van der Waals surface area contributed by atoms with Gasteiger partial charge >= 0.3 is 6.03 Å². The second-order valence-electron chi connectivity index (χ2n) is 7.77. The first-order valence-electron chi connectivity index (χ1n) is 11.0. The summed E-state index contributed by atoms with van der Waals surface area (Å²) in [7, 11) is 3.59. The molecule has 0 atom stereocenters. The predicted octanol–water partition coefficient (Wildman–Crippen LogP) is 2.86. The minimum atomic E-state index is -0.190. The highest BCUT2D eigenvalue weighted by Crippen LogP contribution is 2.31. The fraction of sp³-hybridized carbons (Fsp3) is 0.333. The molecular formula is C24H33N7O2. The molecule has 0 saturated heterocycles. The number of aromatic nitrogens is 2. The molecule has 0 aliphatic heterocycles. The third-order valence-electron chi connectivity index (χ3n) is 5.37. The van der Waals surface area contributed by atoms with Crippen molar-refractivity contribution in [3.8, 4) is 16.9 Å². The maximum atomic E-state index is 13.3. The summed E-state index contributed by atoms with van der Waals surface area (Å²) >= 11 is 0. The summed E-state index contributed by atoms with van der Waals surface area (Å²) in [6.45, 7) is 2.65. The zero-order valence-corrected chi connectivity index (χ0v) is 19.3. The van der Waals surface area contributed by atoms with Gasteiger partial charge in [0.05, 0.1) is 24.7 Å². The van der Waals surface area contributed by atoms with Crippen molar-refractivity contribution in [3.63, 3.8) is 0 Å². The molecule has 0 spiro atoms. The lowest BCUT2D eigenvalue weighted by molar-refractivity contribution is 0.208. The molecule has 1 aromatic heterocycles. The SMILES string of the molecule is COc1cccc(CN(CCCN)C(=O)Nc2ccc(-c3cn[nH]c3)cc2N(C)CCN)c1. The van der Waals surface area contributed by atoms with Crippen molar-refractivity contribution in [2.75, 3.05) is 50.6 Å². The van der Waals surface area contributed by atoms with E-state index >= 15 is 0 Å². The van der Waals surface area contributed by atoms with Crippen LogP contribution in [0.4, 0.5) is 16.2 Å². The summed E-state index contributed by atoms with van der Waals surface area (Å²) < 4.78 is 5.32. The van der Waals surface area contributed by atoms with Gasteiger partial charge in [-0.05, 0) is 48.4 Å². The van der Waals surface area contributed by atoms with E-state index in [9.17, 15) is 4.79 Å². The van der Waals surface area contributed by atoms with Crippen LogP contribution in [0.25, 0.3) is 11.1 Å². The van der Waals surface area contributed by atoms with Gasteiger partial charge in [-0.25, -0.2) is 4.79 Å². The Balaban J connectivity index is 1.85. The molecular weight excluding hydrogens is 418 g/mol. The molecule has 2 aromatic carbocycles. The van der Waals surface area contributed by atoms with E-state index in [2.05, 4.69) is 15.5 Å². The Labute approximate surface area is 194 Å². The highest BCUT2D eigenvalue weighted by atomic mass is 16.5. The molecule has 33 heavy (non-hydrogen) atoms. The highest BCUT2D eigenvalue weighted by Gasteiger charge is 2.18. The molecule has 6 N–H and O–H groups in total. The van der Waals surface area contributed by atoms with Gasteiger partial charge in [0.1, 0.15) is 5.75 Å². The number of likely N-dealkylation sites (N-methyl/N-ethyl adjacent to an activating group) is 1. The number of nitrogens with two attached hydrogens (primary N) is 2. The number of carbonyl (C=O) groups excluding carboxylic acids is 1. The zero-order valence-electron chi connectivity index (χ0n) is 19.3. The Morgan fingerprint density at radius 2 is 1.97 bits per heavy atom. The average Bonchev–Trinajstić information content (AvgIpc) is 3.37. The number of benzene rings is 2. The number of urea groups is 1. The lowest BCUT2D eigenvalue weighted by Gasteiger charge is -2.26. The lowest BCUT2D eigenvalue weighted by atomic mass is 10.1. The number of amides is 2. The number of ether oxygens (including phenoxy) is 1. The van der Waals surface area contributed by atoms with Crippen molar-refractivity contribution in [1.29, 1.82) is 0 Å². The predicted molar refractivity (Wildman–Crippen MR) is 132 cm³/mol. The first-order valence-corrected chi connectivity index (χ1v) is 11.0. The number of methoxy groups -OCH3 is 1. The van der Waals surface area contributed by atoms with Crippen LogP contribution in [-0.4, -0.2) is 61.5 Å². The molecule has 9 heteroatoms. The minimum absolute atomic E-state index is 0.190. The van der Waals surface area contributed by atoms with Gasteiger partial charge in [0.25, 0.3) is 0 Å². The van der Waals surface area contributed by atoms with E-state index in [0.29, 0.717) is 44.8 Å². The zero-order chi connectivity index (χ0) is 23.6. The number of rotatable bonds is 11. The first kappa shape index (κ1) is 24.1. The van der Waals surface area contributed by atoms with Crippen molar-refractivity contribution < 1.29 is 9.53 Å². The van der Waals surface area contributed by atoms with Crippen LogP contribution in [0.15, 0.2) is 54.9 Å². The van der Waals surface area contributed by atoms with E-state index in [1.807, 2.05) is 60.6 Å². The maximum absolute atomic E-state index is 13.3. The first-order chi connectivity index (χ1) is 16.0. The molecule has 0 fully saturated rings. The van der Waals surface area contributed by atoms with Gasteiger partial charge < -0.3 is 31.3 Å². The van der Waals surface area contributed by atoms with Crippen molar-refractivity contribution in [1.82, 2.24) is 15.1 Å². The summed E-state index contributed by atoms with van der Waals surface area (Å²) in [6, 6.07) is 13.4. The number of H-pyrrole nitrogens is 1. The fourth-order valence-corrected chi connectivity index (χ4v) is 3.58. The van der Waals surface area contributed by atoms with Gasteiger partial charge in [-0.2, -0.15) is 5.10 Å². The van der Waals surface area contributed by atoms with E-state index in [-0.39, 0.29) is 6.03 Å². The van der Waals surface area contributed by atoms with Crippen molar-refractivity contribution >= 4 is 17.4 Å². The summed E-state index contributed by atoms with van der Waals surface area (Å²) in [5.74, 6) is 0.757. The van der Waals surface area contributed by atoms with Gasteiger partial charge in [-0.1, -0.05) is 18.2 Å². The van der Waals surface area contributed by atoms with Crippen molar-refractivity contribution in [2.24, 2.45) is 11.5 Å². The summed E-state index contributed by atoms with van der Waals surface area (Å²) in [6.07, 6.45) is 4.31. The Hall–Kier alpha value is -3.56. The van der Waals surface area contributed by atoms with E-state index < -0.39 is 0 Å². The Kier molecular flexibility index (Phi) is 8.68. The van der Waals surface area contributed by atoms with Crippen molar-refractivity contribution in [3.05, 3.63) is 60.4 Å². The number of anilines is 2. The fourth-order valence-electron chi connectivity index (χ4n) is 3.58. The molecule has 1 heterocycles. The number of hydrogen-bond donors (Lipinski definition) is 4. The number of aromatic amines is 1. The second kappa shape index (κ2) is 11.9. The molecule has 3 aromatic rings. The third kappa shape index (κ3) is 6.47. The van der Waals surface area contributed by atoms with E-state index in [1.54, 1.807) is 18.2 Å². The van der Waals surface area contributed by atoms with Crippen LogP contribution >= 0.6 is 0 Å². The summed E-state index contributed by atoms with van der Waals surface area (Å²) in [4.78, 5) is 17.1. The molecule has 176 valence electrons. The second-order valence-corrected chi connectivity index (χ2v) is 7.77. The molecule has 0 bridgehead atoms. The molecule has 0 aliphatic rings.